The number of amides is 1. The summed E-state index contributed by atoms with van der Waals surface area (Å²) in [6.07, 6.45) is 3.51. The van der Waals surface area contributed by atoms with Crippen molar-refractivity contribution in [2.24, 2.45) is 0 Å². The first-order valence-electron chi connectivity index (χ1n) is 5.32. The highest BCUT2D eigenvalue weighted by Gasteiger charge is 2.27. The van der Waals surface area contributed by atoms with Gasteiger partial charge in [0.15, 0.2) is 0 Å². The first-order valence-corrected chi connectivity index (χ1v) is 6.90. The van der Waals surface area contributed by atoms with Gasteiger partial charge in [0.1, 0.15) is 0 Å². The second-order valence-electron chi connectivity index (χ2n) is 4.12. The molecule has 1 saturated carbocycles. The Morgan fingerprint density at radius 2 is 2.06 bits per heavy atom. The molecule has 1 amide bonds. The predicted octanol–water partition coefficient (Wildman–Crippen LogP) is 3.84. The van der Waals surface area contributed by atoms with Gasteiger partial charge in [-0.15, -0.1) is 0 Å². The SMILES string of the molecule is CN(C(=O)c1ccc(Br)cc1Br)C1CCC1. The van der Waals surface area contributed by atoms with E-state index in [9.17, 15) is 4.79 Å². The van der Waals surface area contributed by atoms with Crippen molar-refractivity contribution in [3.8, 4) is 0 Å². The van der Waals surface area contributed by atoms with Crippen LogP contribution in [0.25, 0.3) is 0 Å². The third-order valence-corrected chi connectivity index (χ3v) is 4.25. The van der Waals surface area contributed by atoms with Crippen molar-refractivity contribution < 1.29 is 4.79 Å². The van der Waals surface area contributed by atoms with E-state index in [1.807, 2.05) is 30.1 Å². The minimum atomic E-state index is 0.101. The summed E-state index contributed by atoms with van der Waals surface area (Å²) in [6.45, 7) is 0. The fraction of sp³-hybridized carbons (Fsp3) is 0.417. The van der Waals surface area contributed by atoms with Gasteiger partial charge in [-0.05, 0) is 53.4 Å². The zero-order chi connectivity index (χ0) is 11.7. The Hall–Kier alpha value is -0.350. The van der Waals surface area contributed by atoms with E-state index in [1.165, 1.54) is 6.42 Å². The van der Waals surface area contributed by atoms with Crippen LogP contribution in [0.4, 0.5) is 0 Å². The van der Waals surface area contributed by atoms with Crippen molar-refractivity contribution in [3.05, 3.63) is 32.7 Å². The van der Waals surface area contributed by atoms with Crippen LogP contribution in [0.2, 0.25) is 0 Å². The summed E-state index contributed by atoms with van der Waals surface area (Å²) in [7, 11) is 1.89. The first kappa shape index (κ1) is 12.1. The average molecular weight is 347 g/mol. The lowest BCUT2D eigenvalue weighted by Crippen LogP contribution is -2.41. The summed E-state index contributed by atoms with van der Waals surface area (Å²) < 4.78 is 1.82. The number of hydrogen-bond acceptors (Lipinski definition) is 1. The number of halogens is 2. The van der Waals surface area contributed by atoms with E-state index in [-0.39, 0.29) is 5.91 Å². The van der Waals surface area contributed by atoms with E-state index >= 15 is 0 Å². The van der Waals surface area contributed by atoms with E-state index in [4.69, 9.17) is 0 Å². The molecule has 0 bridgehead atoms. The van der Waals surface area contributed by atoms with Crippen LogP contribution in [0.1, 0.15) is 29.6 Å². The molecule has 1 aliphatic carbocycles. The fourth-order valence-electron chi connectivity index (χ4n) is 1.79. The summed E-state index contributed by atoms with van der Waals surface area (Å²) in [4.78, 5) is 14.1. The molecule has 4 heteroatoms. The Labute approximate surface area is 112 Å². The van der Waals surface area contributed by atoms with Crippen LogP contribution in [-0.2, 0) is 0 Å². The topological polar surface area (TPSA) is 20.3 Å². The van der Waals surface area contributed by atoms with Crippen LogP contribution in [0.5, 0.6) is 0 Å². The second-order valence-corrected chi connectivity index (χ2v) is 5.89. The quantitative estimate of drug-likeness (QED) is 0.796. The standard InChI is InChI=1S/C12H13Br2NO/c1-15(9-3-2-4-9)12(16)10-6-5-8(13)7-11(10)14/h5-7,9H,2-4H2,1H3. The maximum atomic E-state index is 12.2. The molecule has 1 aromatic rings. The van der Waals surface area contributed by atoms with E-state index in [2.05, 4.69) is 31.9 Å². The van der Waals surface area contributed by atoms with Gasteiger partial charge < -0.3 is 4.90 Å². The van der Waals surface area contributed by atoms with Gasteiger partial charge in [-0.3, -0.25) is 4.79 Å². The molecule has 2 rings (SSSR count). The number of nitrogens with zero attached hydrogens (tertiary/aromatic N) is 1. The lowest BCUT2D eigenvalue weighted by atomic mass is 9.91. The Bertz CT molecular complexity index is 415. The van der Waals surface area contributed by atoms with Gasteiger partial charge >= 0.3 is 0 Å². The Kier molecular flexibility index (Phi) is 3.70. The molecule has 0 unspecified atom stereocenters. The van der Waals surface area contributed by atoms with Crippen molar-refractivity contribution in [2.75, 3.05) is 7.05 Å². The summed E-state index contributed by atoms with van der Waals surface area (Å²) >= 11 is 6.81. The molecule has 0 radical (unpaired) electrons. The molecule has 1 aliphatic rings. The molecule has 0 atom stereocenters. The van der Waals surface area contributed by atoms with E-state index < -0.39 is 0 Å². The predicted molar refractivity (Wildman–Crippen MR) is 71.6 cm³/mol. The zero-order valence-corrected chi connectivity index (χ0v) is 12.2. The minimum absolute atomic E-state index is 0.101. The highest BCUT2D eigenvalue weighted by atomic mass is 79.9. The van der Waals surface area contributed by atoms with Gasteiger partial charge in [0.05, 0.1) is 5.56 Å². The molecule has 0 aliphatic heterocycles. The number of hydrogen-bond donors (Lipinski definition) is 0. The Morgan fingerprint density at radius 3 is 2.56 bits per heavy atom. The molecular weight excluding hydrogens is 334 g/mol. The molecule has 0 aromatic heterocycles. The Morgan fingerprint density at radius 1 is 1.38 bits per heavy atom. The maximum Gasteiger partial charge on any atom is 0.254 e. The molecule has 0 heterocycles. The molecule has 16 heavy (non-hydrogen) atoms. The smallest absolute Gasteiger partial charge is 0.254 e. The third-order valence-electron chi connectivity index (χ3n) is 3.10. The molecule has 1 aromatic carbocycles. The lowest BCUT2D eigenvalue weighted by Gasteiger charge is -2.34. The average Bonchev–Trinajstić information content (AvgIpc) is 2.14. The summed E-state index contributed by atoms with van der Waals surface area (Å²) in [5.41, 5.74) is 0.734. The Balaban J connectivity index is 2.19. The highest BCUT2D eigenvalue weighted by molar-refractivity contribution is 9.11. The minimum Gasteiger partial charge on any atom is -0.339 e. The van der Waals surface area contributed by atoms with Crippen LogP contribution in [0, 0.1) is 0 Å². The van der Waals surface area contributed by atoms with Gasteiger partial charge in [0, 0.05) is 22.0 Å². The molecule has 0 spiro atoms. The van der Waals surface area contributed by atoms with Crippen LogP contribution in [0.15, 0.2) is 27.1 Å². The molecule has 0 saturated heterocycles. The first-order chi connectivity index (χ1) is 7.59. The van der Waals surface area contributed by atoms with Crippen molar-refractivity contribution in [1.29, 1.82) is 0 Å². The number of carbonyl (C=O) groups is 1. The maximum absolute atomic E-state index is 12.2. The van der Waals surface area contributed by atoms with Crippen LogP contribution in [0.3, 0.4) is 0 Å². The largest absolute Gasteiger partial charge is 0.339 e. The summed E-state index contributed by atoms with van der Waals surface area (Å²) in [5.74, 6) is 0.101. The van der Waals surface area contributed by atoms with Gasteiger partial charge in [-0.2, -0.15) is 0 Å². The van der Waals surface area contributed by atoms with Gasteiger partial charge in [0.2, 0.25) is 0 Å². The van der Waals surface area contributed by atoms with Crippen molar-refractivity contribution in [2.45, 2.75) is 25.3 Å². The second kappa shape index (κ2) is 4.88. The number of benzene rings is 1. The third kappa shape index (κ3) is 2.33. The van der Waals surface area contributed by atoms with Crippen molar-refractivity contribution in [1.82, 2.24) is 4.90 Å². The van der Waals surface area contributed by atoms with E-state index in [0.29, 0.717) is 6.04 Å². The normalized spacial score (nSPS) is 15.7. The summed E-state index contributed by atoms with van der Waals surface area (Å²) in [5, 5.41) is 0. The van der Waals surface area contributed by atoms with Gasteiger partial charge in [-0.1, -0.05) is 15.9 Å². The van der Waals surface area contributed by atoms with Gasteiger partial charge in [0.25, 0.3) is 5.91 Å². The fourth-order valence-corrected chi connectivity index (χ4v) is 3.01. The molecule has 0 N–H and O–H groups in total. The van der Waals surface area contributed by atoms with Crippen LogP contribution < -0.4 is 0 Å². The van der Waals surface area contributed by atoms with Gasteiger partial charge in [-0.25, -0.2) is 0 Å². The molecule has 2 nitrogen and oxygen atoms in total. The molecule has 86 valence electrons. The monoisotopic (exact) mass is 345 g/mol. The lowest BCUT2D eigenvalue weighted by molar-refractivity contribution is 0.0651. The van der Waals surface area contributed by atoms with Crippen molar-refractivity contribution in [3.63, 3.8) is 0 Å². The van der Waals surface area contributed by atoms with E-state index in [1.54, 1.807) is 0 Å². The zero-order valence-electron chi connectivity index (χ0n) is 9.04. The van der Waals surface area contributed by atoms with Crippen LogP contribution in [-0.4, -0.2) is 23.9 Å². The van der Waals surface area contributed by atoms with Crippen LogP contribution >= 0.6 is 31.9 Å². The number of rotatable bonds is 2. The molecular formula is C12H13Br2NO. The molecule has 1 fully saturated rings. The highest BCUT2D eigenvalue weighted by Crippen LogP contribution is 2.28. The summed E-state index contributed by atoms with van der Waals surface area (Å²) in [6, 6.07) is 6.09. The van der Waals surface area contributed by atoms with E-state index in [0.717, 1.165) is 27.4 Å². The number of carbonyl (C=O) groups excluding carboxylic acids is 1. The van der Waals surface area contributed by atoms with Crippen molar-refractivity contribution >= 4 is 37.8 Å².